The molecule has 0 aromatic heterocycles. The summed E-state index contributed by atoms with van der Waals surface area (Å²) in [5, 5.41) is 0.768. The number of ether oxygens (including phenoxy) is 1. The number of benzene rings is 2. The number of hydrogen-bond acceptors (Lipinski definition) is 5. The van der Waals surface area contributed by atoms with Gasteiger partial charge in [-0.1, -0.05) is 24.3 Å². The summed E-state index contributed by atoms with van der Waals surface area (Å²) in [4.78, 5) is 40.4. The molecule has 0 saturated heterocycles. The van der Waals surface area contributed by atoms with E-state index in [2.05, 4.69) is 0 Å². The molecule has 6 nitrogen and oxygen atoms in total. The molecule has 3 rings (SSSR count). The third-order valence-corrected chi connectivity index (χ3v) is 3.30. The molecule has 0 radical (unpaired) electrons. The van der Waals surface area contributed by atoms with Crippen LogP contribution < -0.4 is 4.74 Å². The minimum Gasteiger partial charge on any atom is -0.427 e. The van der Waals surface area contributed by atoms with E-state index in [1.807, 2.05) is 0 Å². The topological polar surface area (TPSA) is 72.9 Å². The molecular formula is C17H13NO5. The van der Waals surface area contributed by atoms with E-state index in [9.17, 15) is 14.4 Å². The largest absolute Gasteiger partial charge is 0.427 e. The van der Waals surface area contributed by atoms with Crippen molar-refractivity contribution >= 4 is 17.8 Å². The first-order valence-corrected chi connectivity index (χ1v) is 6.94. The quantitative estimate of drug-likeness (QED) is 0.492. The van der Waals surface area contributed by atoms with Gasteiger partial charge in [-0.2, -0.15) is 0 Å². The van der Waals surface area contributed by atoms with Crippen LogP contribution in [0.1, 0.15) is 33.2 Å². The Morgan fingerprint density at radius 3 is 2.04 bits per heavy atom. The van der Waals surface area contributed by atoms with Crippen molar-refractivity contribution in [1.82, 2.24) is 5.06 Å². The summed E-state index contributed by atoms with van der Waals surface area (Å²) in [5.41, 5.74) is 1.41. The predicted molar refractivity (Wildman–Crippen MR) is 79.5 cm³/mol. The van der Waals surface area contributed by atoms with E-state index < -0.39 is 17.8 Å². The molecule has 1 heterocycles. The van der Waals surface area contributed by atoms with Gasteiger partial charge in [0.2, 0.25) is 0 Å². The monoisotopic (exact) mass is 311 g/mol. The van der Waals surface area contributed by atoms with Crippen LogP contribution in [0.15, 0.2) is 48.5 Å². The van der Waals surface area contributed by atoms with Crippen LogP contribution in [0.5, 0.6) is 5.75 Å². The van der Waals surface area contributed by atoms with E-state index >= 15 is 0 Å². The summed E-state index contributed by atoms with van der Waals surface area (Å²) >= 11 is 0. The lowest BCUT2D eigenvalue weighted by atomic mass is 10.1. The van der Waals surface area contributed by atoms with E-state index in [4.69, 9.17) is 9.57 Å². The minimum absolute atomic E-state index is 0.0474. The molecule has 2 aromatic carbocycles. The number of esters is 1. The molecule has 0 N–H and O–H groups in total. The lowest BCUT2D eigenvalue weighted by molar-refractivity contribution is -0.131. The van der Waals surface area contributed by atoms with Crippen LogP contribution in [0.4, 0.5) is 0 Å². The number of carbonyl (C=O) groups is 3. The smallest absolute Gasteiger partial charge is 0.308 e. The van der Waals surface area contributed by atoms with Gasteiger partial charge in [-0.15, -0.1) is 5.06 Å². The van der Waals surface area contributed by atoms with Crippen LogP contribution in [0.25, 0.3) is 0 Å². The highest BCUT2D eigenvalue weighted by atomic mass is 16.7. The fourth-order valence-corrected chi connectivity index (χ4v) is 2.24. The number of nitrogens with zero attached hydrogens (tertiary/aromatic N) is 1. The Kier molecular flexibility index (Phi) is 3.91. The molecule has 0 spiro atoms. The summed E-state index contributed by atoms with van der Waals surface area (Å²) < 4.78 is 4.93. The molecule has 0 unspecified atom stereocenters. The number of carbonyl (C=O) groups excluding carboxylic acids is 3. The minimum atomic E-state index is -0.470. The predicted octanol–water partition coefficient (Wildman–Crippen LogP) is 2.34. The Balaban J connectivity index is 1.66. The van der Waals surface area contributed by atoms with Crippen molar-refractivity contribution in [3.63, 3.8) is 0 Å². The zero-order valence-electron chi connectivity index (χ0n) is 12.3. The van der Waals surface area contributed by atoms with Crippen molar-refractivity contribution in [2.75, 3.05) is 0 Å². The van der Waals surface area contributed by atoms with Gasteiger partial charge < -0.3 is 4.74 Å². The maximum Gasteiger partial charge on any atom is 0.308 e. The number of imide groups is 1. The summed E-state index contributed by atoms with van der Waals surface area (Å²) in [6, 6.07) is 13.2. The number of fused-ring (bicyclic) bond motifs is 1. The second-order valence-electron chi connectivity index (χ2n) is 4.96. The first kappa shape index (κ1) is 14.9. The molecule has 0 atom stereocenters. The molecule has 2 amide bonds. The molecule has 6 heteroatoms. The Bertz CT molecular complexity index is 747. The van der Waals surface area contributed by atoms with Gasteiger partial charge in [-0.3, -0.25) is 19.2 Å². The Morgan fingerprint density at radius 1 is 0.957 bits per heavy atom. The highest BCUT2D eigenvalue weighted by Crippen LogP contribution is 2.23. The fourth-order valence-electron chi connectivity index (χ4n) is 2.24. The zero-order chi connectivity index (χ0) is 16.4. The van der Waals surface area contributed by atoms with Crippen LogP contribution in [0.2, 0.25) is 0 Å². The van der Waals surface area contributed by atoms with Crippen LogP contribution in [0, 0.1) is 0 Å². The number of hydrogen-bond donors (Lipinski definition) is 0. The molecule has 116 valence electrons. The van der Waals surface area contributed by atoms with E-state index in [-0.39, 0.29) is 6.61 Å². The van der Waals surface area contributed by atoms with Gasteiger partial charge in [0.15, 0.2) is 0 Å². The summed E-state index contributed by atoms with van der Waals surface area (Å²) in [5.74, 6) is -0.925. The van der Waals surface area contributed by atoms with Crippen molar-refractivity contribution in [2.45, 2.75) is 13.5 Å². The van der Waals surface area contributed by atoms with Gasteiger partial charge >= 0.3 is 5.97 Å². The summed E-state index contributed by atoms with van der Waals surface area (Å²) in [7, 11) is 0. The van der Waals surface area contributed by atoms with Gasteiger partial charge in [0.05, 0.1) is 11.1 Å². The highest BCUT2D eigenvalue weighted by molar-refractivity contribution is 6.20. The molecule has 23 heavy (non-hydrogen) atoms. The zero-order valence-corrected chi connectivity index (χ0v) is 12.3. The van der Waals surface area contributed by atoms with Gasteiger partial charge in [0.25, 0.3) is 11.8 Å². The highest BCUT2D eigenvalue weighted by Gasteiger charge is 2.36. The van der Waals surface area contributed by atoms with Crippen molar-refractivity contribution < 1.29 is 24.0 Å². The van der Waals surface area contributed by atoms with Crippen molar-refractivity contribution in [1.29, 1.82) is 0 Å². The maximum atomic E-state index is 12.1. The van der Waals surface area contributed by atoms with Gasteiger partial charge in [0.1, 0.15) is 12.4 Å². The maximum absolute atomic E-state index is 12.1. The lowest BCUT2D eigenvalue weighted by Crippen LogP contribution is -2.29. The van der Waals surface area contributed by atoms with Crippen LogP contribution >= 0.6 is 0 Å². The van der Waals surface area contributed by atoms with Crippen molar-refractivity contribution in [2.24, 2.45) is 0 Å². The number of hydroxylamine groups is 2. The molecule has 0 bridgehead atoms. The first-order chi connectivity index (χ1) is 11.1. The summed E-state index contributed by atoms with van der Waals surface area (Å²) in [6.07, 6.45) is 0. The van der Waals surface area contributed by atoms with Gasteiger partial charge in [-0.05, 0) is 29.8 Å². The molecule has 0 saturated carbocycles. The van der Waals surface area contributed by atoms with Crippen molar-refractivity contribution in [3.05, 3.63) is 65.2 Å². The fraction of sp³-hybridized carbons (Fsp3) is 0.118. The first-order valence-electron chi connectivity index (χ1n) is 6.94. The van der Waals surface area contributed by atoms with Gasteiger partial charge in [-0.25, -0.2) is 0 Å². The van der Waals surface area contributed by atoms with Crippen LogP contribution in [-0.2, 0) is 16.2 Å². The number of amides is 2. The van der Waals surface area contributed by atoms with E-state index in [0.717, 1.165) is 10.6 Å². The molecule has 0 aliphatic carbocycles. The Labute approximate surface area is 132 Å². The average molecular weight is 311 g/mol. The standard InChI is InChI=1S/C17H13NO5/c1-11(19)23-13-8-6-12(7-9-13)10-22-18-16(20)14-4-2-3-5-15(14)17(18)21/h2-9H,10H2,1H3. The van der Waals surface area contributed by atoms with Crippen molar-refractivity contribution in [3.8, 4) is 5.75 Å². The third kappa shape index (κ3) is 2.97. The molecular weight excluding hydrogens is 298 g/mol. The summed E-state index contributed by atoms with van der Waals surface area (Å²) in [6.45, 7) is 1.37. The molecule has 1 aliphatic heterocycles. The normalized spacial score (nSPS) is 13.2. The van der Waals surface area contributed by atoms with Crippen LogP contribution in [0.3, 0.4) is 0 Å². The average Bonchev–Trinajstić information content (AvgIpc) is 2.78. The number of rotatable bonds is 4. The lowest BCUT2D eigenvalue weighted by Gasteiger charge is -2.13. The Hall–Kier alpha value is -2.99. The second-order valence-corrected chi connectivity index (χ2v) is 4.96. The van der Waals surface area contributed by atoms with E-state index in [1.165, 1.54) is 6.92 Å². The van der Waals surface area contributed by atoms with Gasteiger partial charge in [0, 0.05) is 6.92 Å². The third-order valence-electron chi connectivity index (χ3n) is 3.30. The molecule has 2 aromatic rings. The van der Waals surface area contributed by atoms with E-state index in [1.54, 1.807) is 48.5 Å². The molecule has 1 aliphatic rings. The SMILES string of the molecule is CC(=O)Oc1ccc(CON2C(=O)c3ccccc3C2=O)cc1. The Morgan fingerprint density at radius 2 is 1.52 bits per heavy atom. The molecule has 0 fully saturated rings. The van der Waals surface area contributed by atoms with E-state index in [0.29, 0.717) is 16.9 Å². The second kappa shape index (κ2) is 6.02. The van der Waals surface area contributed by atoms with Crippen LogP contribution in [-0.4, -0.2) is 22.8 Å².